The number of hydrogen-bond acceptors (Lipinski definition) is 10. The minimum Gasteiger partial charge on any atom is -0.493 e. The van der Waals surface area contributed by atoms with Gasteiger partial charge < -0.3 is 37.9 Å². The molecule has 56 heavy (non-hydrogen) atoms. The van der Waals surface area contributed by atoms with Gasteiger partial charge in [-0.15, -0.1) is 11.3 Å². The maximum absolute atomic E-state index is 11.7. The molecule has 4 aromatic carbocycles. The maximum atomic E-state index is 11.7. The van der Waals surface area contributed by atoms with Crippen LogP contribution in [0.3, 0.4) is 0 Å². The molecule has 5 aromatic rings. The van der Waals surface area contributed by atoms with Gasteiger partial charge in [-0.1, -0.05) is 54.6 Å². The van der Waals surface area contributed by atoms with Gasteiger partial charge in [-0.05, 0) is 105 Å². The van der Waals surface area contributed by atoms with Crippen molar-refractivity contribution in [3.05, 3.63) is 127 Å². The topological polar surface area (TPSA) is 90.9 Å². The smallest absolute Gasteiger partial charge is 0.332 e. The Morgan fingerprint density at radius 3 is 2.07 bits per heavy atom. The van der Waals surface area contributed by atoms with E-state index in [2.05, 4.69) is 60.7 Å². The summed E-state index contributed by atoms with van der Waals surface area (Å²) in [6.45, 7) is 8.80. The highest BCUT2D eigenvalue weighted by Gasteiger charge is 2.19. The monoisotopic (exact) mass is 778 g/mol. The molecule has 6 rings (SSSR count). The zero-order chi connectivity index (χ0) is 39.0. The first-order valence-electron chi connectivity index (χ1n) is 18.9. The third-order valence-electron chi connectivity index (χ3n) is 8.44. The van der Waals surface area contributed by atoms with Gasteiger partial charge >= 0.3 is 5.97 Å². The fourth-order valence-corrected chi connectivity index (χ4v) is 6.91. The lowest BCUT2D eigenvalue weighted by Gasteiger charge is -2.19. The molecule has 0 fully saturated rings. The molecule has 0 saturated heterocycles. The predicted molar refractivity (Wildman–Crippen MR) is 220 cm³/mol. The molecule has 0 N–H and O–H groups in total. The predicted octanol–water partition coefficient (Wildman–Crippen LogP) is 10.2. The van der Waals surface area contributed by atoms with Crippen molar-refractivity contribution in [3.63, 3.8) is 0 Å². The number of carbonyl (C=O) groups is 1. The van der Waals surface area contributed by atoms with Crippen LogP contribution >= 0.6 is 11.3 Å². The molecule has 1 aromatic heterocycles. The zero-order valence-corrected chi connectivity index (χ0v) is 33.1. The Bertz CT molecular complexity index is 2010. The molecule has 294 valence electrons. The first-order valence-corrected chi connectivity index (χ1v) is 19.8. The van der Waals surface area contributed by atoms with E-state index < -0.39 is 11.6 Å². The maximum Gasteiger partial charge on any atom is 0.332 e. The Morgan fingerprint density at radius 2 is 1.36 bits per heavy atom. The van der Waals surface area contributed by atoms with Gasteiger partial charge in [-0.2, -0.15) is 0 Å². The van der Waals surface area contributed by atoms with Crippen molar-refractivity contribution in [2.75, 3.05) is 52.9 Å². The van der Waals surface area contributed by atoms with Crippen LogP contribution in [0.2, 0.25) is 0 Å². The normalized spacial score (nSPS) is 13.8. The number of allylic oxidation sites excluding steroid dienone is 3. The summed E-state index contributed by atoms with van der Waals surface area (Å²) in [7, 11) is 0. The van der Waals surface area contributed by atoms with Crippen molar-refractivity contribution in [1.82, 2.24) is 0 Å². The molecule has 0 aliphatic heterocycles. The standard InChI is InChI=1S/C46H50O9S/c1-46(2,3)55-43(47)33-50-27-26-48-24-25-49-28-29-51-37-18-20-39(21-19-37)54-44-41-23-22-40(53-32-35-12-8-5-9-13-35)30-42(41)56-45(44)36-14-16-38(17-15-36)52-31-34-10-6-4-7-11-34/h4-12,14-23,30,35H,13,24-29,31-33H2,1-3H3. The first kappa shape index (κ1) is 40.5. The molecule has 10 heteroatoms. The van der Waals surface area contributed by atoms with Crippen LogP contribution in [-0.4, -0.2) is 64.4 Å². The summed E-state index contributed by atoms with van der Waals surface area (Å²) in [6, 6.07) is 32.1. The van der Waals surface area contributed by atoms with Crippen LogP contribution in [0.5, 0.6) is 28.7 Å². The molecule has 0 spiro atoms. The summed E-state index contributed by atoms with van der Waals surface area (Å²) in [6.07, 6.45) is 9.51. The van der Waals surface area contributed by atoms with Crippen LogP contribution in [-0.2, 0) is 30.3 Å². The number of fused-ring (bicyclic) bond motifs is 1. The fraction of sp³-hybridized carbons (Fsp3) is 0.326. The lowest BCUT2D eigenvalue weighted by Crippen LogP contribution is -2.27. The van der Waals surface area contributed by atoms with Crippen molar-refractivity contribution in [2.24, 2.45) is 5.92 Å². The Balaban J connectivity index is 1.01. The summed E-state index contributed by atoms with van der Waals surface area (Å²) in [4.78, 5) is 12.7. The van der Waals surface area contributed by atoms with E-state index in [1.165, 1.54) is 0 Å². The van der Waals surface area contributed by atoms with E-state index in [-0.39, 0.29) is 6.61 Å². The second-order valence-corrected chi connectivity index (χ2v) is 15.2. The largest absolute Gasteiger partial charge is 0.493 e. The molecule has 1 heterocycles. The molecule has 1 aliphatic rings. The molecule has 0 bridgehead atoms. The molecule has 0 radical (unpaired) electrons. The minimum atomic E-state index is -0.526. The third kappa shape index (κ3) is 13.0. The summed E-state index contributed by atoms with van der Waals surface area (Å²) >= 11 is 1.68. The summed E-state index contributed by atoms with van der Waals surface area (Å²) < 4.78 is 47.5. The Kier molecular flexibility index (Phi) is 15.0. The number of ether oxygens (including phenoxy) is 8. The van der Waals surface area contributed by atoms with Gasteiger partial charge in [0.25, 0.3) is 0 Å². The lowest BCUT2D eigenvalue weighted by molar-refractivity contribution is -0.160. The van der Waals surface area contributed by atoms with Crippen LogP contribution < -0.4 is 18.9 Å². The van der Waals surface area contributed by atoms with E-state index in [4.69, 9.17) is 37.9 Å². The molecule has 9 nitrogen and oxygen atoms in total. The molecular formula is C46H50O9S. The highest BCUT2D eigenvalue weighted by molar-refractivity contribution is 7.22. The van der Waals surface area contributed by atoms with Crippen molar-refractivity contribution < 1.29 is 42.7 Å². The highest BCUT2D eigenvalue weighted by Crippen LogP contribution is 2.47. The van der Waals surface area contributed by atoms with E-state index in [1.54, 1.807) is 11.3 Å². The van der Waals surface area contributed by atoms with E-state index in [1.807, 2.05) is 81.4 Å². The molecule has 1 unspecified atom stereocenters. The zero-order valence-electron chi connectivity index (χ0n) is 32.3. The van der Waals surface area contributed by atoms with E-state index in [0.717, 1.165) is 49.8 Å². The number of esters is 1. The van der Waals surface area contributed by atoms with Crippen molar-refractivity contribution >= 4 is 27.4 Å². The van der Waals surface area contributed by atoms with E-state index in [0.29, 0.717) is 70.3 Å². The van der Waals surface area contributed by atoms with Crippen LogP contribution in [0, 0.1) is 5.92 Å². The number of rotatable bonds is 21. The van der Waals surface area contributed by atoms with Crippen LogP contribution in [0.1, 0.15) is 32.8 Å². The SMILES string of the molecule is CC(C)(C)OC(=O)COCCOCCOCCOc1ccc(Oc2c(-c3ccc(OCc4ccccc4)cc3)sc3cc(OCC4C=CC=CC4)ccc23)cc1. The number of carbonyl (C=O) groups excluding carboxylic acids is 1. The van der Waals surface area contributed by atoms with Gasteiger partial charge in [0.15, 0.2) is 5.75 Å². The third-order valence-corrected chi connectivity index (χ3v) is 9.62. The minimum absolute atomic E-state index is 0.0951. The number of benzene rings is 4. The summed E-state index contributed by atoms with van der Waals surface area (Å²) in [5, 5.41) is 1.01. The molecule has 1 aliphatic carbocycles. The molecule has 0 saturated carbocycles. The highest BCUT2D eigenvalue weighted by atomic mass is 32.1. The van der Waals surface area contributed by atoms with Crippen molar-refractivity contribution in [2.45, 2.75) is 39.4 Å². The summed E-state index contributed by atoms with van der Waals surface area (Å²) in [5.41, 5.74) is 1.63. The second kappa shape index (κ2) is 20.7. The lowest BCUT2D eigenvalue weighted by atomic mass is 10.0. The second-order valence-electron chi connectivity index (χ2n) is 14.1. The Hall–Kier alpha value is -5.13. The molecule has 0 amide bonds. The number of thiophene rings is 1. The van der Waals surface area contributed by atoms with Crippen LogP contribution in [0.15, 0.2) is 121 Å². The molecular weight excluding hydrogens is 729 g/mol. The fourth-order valence-electron chi connectivity index (χ4n) is 5.74. The van der Waals surface area contributed by atoms with Crippen molar-refractivity contribution in [3.8, 4) is 39.2 Å². The van der Waals surface area contributed by atoms with Gasteiger partial charge in [-0.3, -0.25) is 0 Å². The van der Waals surface area contributed by atoms with Gasteiger partial charge in [0, 0.05) is 16.0 Å². The Morgan fingerprint density at radius 1 is 0.696 bits per heavy atom. The quantitative estimate of drug-likeness (QED) is 0.0533. The van der Waals surface area contributed by atoms with E-state index >= 15 is 0 Å². The molecule has 1 atom stereocenters. The summed E-state index contributed by atoms with van der Waals surface area (Å²) in [5.74, 6) is 3.81. The van der Waals surface area contributed by atoms with Gasteiger partial charge in [0.1, 0.15) is 48.4 Å². The average molecular weight is 779 g/mol. The van der Waals surface area contributed by atoms with Crippen LogP contribution in [0.25, 0.3) is 20.5 Å². The van der Waals surface area contributed by atoms with Crippen molar-refractivity contribution in [1.29, 1.82) is 0 Å². The first-order chi connectivity index (χ1) is 27.3. The average Bonchev–Trinajstić information content (AvgIpc) is 3.56. The van der Waals surface area contributed by atoms with Gasteiger partial charge in [0.05, 0.1) is 44.5 Å². The van der Waals surface area contributed by atoms with Crippen LogP contribution in [0.4, 0.5) is 0 Å². The van der Waals surface area contributed by atoms with E-state index in [9.17, 15) is 4.79 Å². The van der Waals surface area contributed by atoms with Gasteiger partial charge in [0.2, 0.25) is 0 Å². The van der Waals surface area contributed by atoms with Gasteiger partial charge in [-0.25, -0.2) is 4.79 Å². The Labute approximate surface area is 333 Å². The number of hydrogen-bond donors (Lipinski definition) is 0.